The molecule has 5 heteroatoms. The molecular weight excluding hydrogens is 196 g/mol. The number of benzene rings is 1. The van der Waals surface area contributed by atoms with Gasteiger partial charge in [0, 0.05) is 5.56 Å². The van der Waals surface area contributed by atoms with E-state index in [-0.39, 0.29) is 0 Å². The fraction of sp³-hybridized carbons (Fsp3) is 0.200. The number of hydrogen-bond acceptors (Lipinski definition) is 5. The smallest absolute Gasteiger partial charge is 0.214 e. The maximum Gasteiger partial charge on any atom is 0.214 e. The third-order valence-electron chi connectivity index (χ3n) is 2.00. The van der Waals surface area contributed by atoms with Crippen molar-refractivity contribution in [2.45, 2.75) is 0 Å². The molecule has 2 rings (SSSR count). The third kappa shape index (κ3) is 1.76. The molecule has 0 aliphatic rings. The average molecular weight is 206 g/mol. The fourth-order valence-corrected chi connectivity index (χ4v) is 1.27. The van der Waals surface area contributed by atoms with Crippen LogP contribution in [0.1, 0.15) is 0 Å². The Morgan fingerprint density at radius 2 is 1.93 bits per heavy atom. The second-order valence-corrected chi connectivity index (χ2v) is 2.82. The lowest BCUT2D eigenvalue weighted by Gasteiger charge is -2.07. The molecule has 0 bridgehead atoms. The van der Waals surface area contributed by atoms with E-state index in [0.717, 1.165) is 5.56 Å². The van der Waals surface area contributed by atoms with Gasteiger partial charge < -0.3 is 14.0 Å². The molecule has 0 spiro atoms. The predicted octanol–water partition coefficient (Wildman–Crippen LogP) is 1.75. The normalized spacial score (nSPS) is 10.0. The summed E-state index contributed by atoms with van der Waals surface area (Å²) in [7, 11) is 3.17. The molecule has 0 aliphatic heterocycles. The first kappa shape index (κ1) is 9.51. The molecular formula is C10H10N2O3. The lowest BCUT2D eigenvalue weighted by Crippen LogP contribution is -1.91. The van der Waals surface area contributed by atoms with Crippen LogP contribution in [0.5, 0.6) is 11.5 Å². The van der Waals surface area contributed by atoms with Crippen molar-refractivity contribution in [3.05, 3.63) is 24.6 Å². The average Bonchev–Trinajstić information content (AvgIpc) is 2.81. The molecule has 2 aromatic rings. The summed E-state index contributed by atoms with van der Waals surface area (Å²) in [6, 6.07) is 5.43. The summed E-state index contributed by atoms with van der Waals surface area (Å²) >= 11 is 0. The molecule has 0 fully saturated rings. The van der Waals surface area contributed by atoms with Crippen LogP contribution < -0.4 is 9.47 Å². The standard InChI is InChI=1S/C10H10N2O3/c1-13-8-4-3-7(5-9(8)14-2)10-11-6-15-12-10/h3-6H,1-2H3. The van der Waals surface area contributed by atoms with Crippen molar-refractivity contribution in [3.8, 4) is 22.9 Å². The van der Waals surface area contributed by atoms with Crippen LogP contribution in [0.15, 0.2) is 29.1 Å². The highest BCUT2D eigenvalue weighted by Crippen LogP contribution is 2.30. The Kier molecular flexibility index (Phi) is 2.53. The summed E-state index contributed by atoms with van der Waals surface area (Å²) in [6.45, 7) is 0. The first-order chi connectivity index (χ1) is 7.35. The molecule has 0 radical (unpaired) electrons. The van der Waals surface area contributed by atoms with Crippen molar-refractivity contribution in [1.29, 1.82) is 0 Å². The molecule has 1 aromatic carbocycles. The van der Waals surface area contributed by atoms with Crippen LogP contribution >= 0.6 is 0 Å². The number of ether oxygens (including phenoxy) is 2. The monoisotopic (exact) mass is 206 g/mol. The van der Waals surface area contributed by atoms with E-state index in [9.17, 15) is 0 Å². The van der Waals surface area contributed by atoms with Gasteiger partial charge in [-0.15, -0.1) is 0 Å². The van der Waals surface area contributed by atoms with Crippen LogP contribution in [-0.4, -0.2) is 24.4 Å². The van der Waals surface area contributed by atoms with Gasteiger partial charge in [0.1, 0.15) is 0 Å². The fourth-order valence-electron chi connectivity index (χ4n) is 1.27. The number of hydrogen-bond donors (Lipinski definition) is 0. The van der Waals surface area contributed by atoms with Crippen molar-refractivity contribution < 1.29 is 14.0 Å². The van der Waals surface area contributed by atoms with Gasteiger partial charge >= 0.3 is 0 Å². The Morgan fingerprint density at radius 1 is 1.13 bits per heavy atom. The first-order valence-electron chi connectivity index (χ1n) is 4.34. The van der Waals surface area contributed by atoms with E-state index in [1.165, 1.54) is 6.39 Å². The van der Waals surface area contributed by atoms with Crippen LogP contribution in [0.3, 0.4) is 0 Å². The Labute approximate surface area is 86.6 Å². The zero-order chi connectivity index (χ0) is 10.7. The summed E-state index contributed by atoms with van der Waals surface area (Å²) in [5, 5.41) is 3.73. The second-order valence-electron chi connectivity index (χ2n) is 2.82. The third-order valence-corrected chi connectivity index (χ3v) is 2.00. The largest absolute Gasteiger partial charge is 0.493 e. The van der Waals surface area contributed by atoms with Crippen molar-refractivity contribution in [1.82, 2.24) is 10.1 Å². The quantitative estimate of drug-likeness (QED) is 0.765. The topological polar surface area (TPSA) is 57.4 Å². The van der Waals surface area contributed by atoms with E-state index < -0.39 is 0 Å². The second kappa shape index (κ2) is 4.00. The van der Waals surface area contributed by atoms with Crippen LogP contribution in [0.2, 0.25) is 0 Å². The number of rotatable bonds is 3. The van der Waals surface area contributed by atoms with Gasteiger partial charge in [-0.3, -0.25) is 0 Å². The molecule has 0 atom stereocenters. The summed E-state index contributed by atoms with van der Waals surface area (Å²) in [4.78, 5) is 3.94. The van der Waals surface area contributed by atoms with Crippen LogP contribution in [-0.2, 0) is 0 Å². The van der Waals surface area contributed by atoms with Crippen molar-refractivity contribution in [3.63, 3.8) is 0 Å². The lowest BCUT2D eigenvalue weighted by molar-refractivity contribution is 0.355. The molecule has 78 valence electrons. The first-order valence-corrected chi connectivity index (χ1v) is 4.34. The minimum absolute atomic E-state index is 0.524. The van der Waals surface area contributed by atoms with E-state index in [1.54, 1.807) is 26.4 Å². The number of methoxy groups -OCH3 is 2. The molecule has 0 N–H and O–H groups in total. The summed E-state index contributed by atoms with van der Waals surface area (Å²) in [5.74, 6) is 1.83. The van der Waals surface area contributed by atoms with Crippen LogP contribution in [0.4, 0.5) is 0 Å². The highest BCUT2D eigenvalue weighted by molar-refractivity contribution is 5.60. The minimum atomic E-state index is 0.524. The Bertz CT molecular complexity index is 440. The van der Waals surface area contributed by atoms with Crippen LogP contribution in [0.25, 0.3) is 11.4 Å². The van der Waals surface area contributed by atoms with E-state index in [1.807, 2.05) is 6.07 Å². The molecule has 0 unspecified atom stereocenters. The van der Waals surface area contributed by atoms with Gasteiger partial charge in [-0.05, 0) is 18.2 Å². The zero-order valence-corrected chi connectivity index (χ0v) is 8.43. The van der Waals surface area contributed by atoms with Crippen LogP contribution in [0, 0.1) is 0 Å². The van der Waals surface area contributed by atoms with Gasteiger partial charge in [0.2, 0.25) is 12.2 Å². The highest BCUT2D eigenvalue weighted by atomic mass is 16.5. The molecule has 0 aliphatic carbocycles. The number of nitrogens with zero attached hydrogens (tertiary/aromatic N) is 2. The van der Waals surface area contributed by atoms with Gasteiger partial charge in [-0.1, -0.05) is 5.16 Å². The van der Waals surface area contributed by atoms with Gasteiger partial charge in [-0.2, -0.15) is 4.98 Å². The molecule has 1 aromatic heterocycles. The molecule has 5 nitrogen and oxygen atoms in total. The highest BCUT2D eigenvalue weighted by Gasteiger charge is 2.08. The molecule has 0 saturated carbocycles. The Hall–Kier alpha value is -2.04. The molecule has 0 saturated heterocycles. The Balaban J connectivity index is 2.43. The summed E-state index contributed by atoms with van der Waals surface area (Å²) < 4.78 is 14.9. The summed E-state index contributed by atoms with van der Waals surface area (Å²) in [5.41, 5.74) is 0.821. The van der Waals surface area contributed by atoms with E-state index in [0.29, 0.717) is 17.3 Å². The van der Waals surface area contributed by atoms with E-state index >= 15 is 0 Å². The van der Waals surface area contributed by atoms with E-state index in [2.05, 4.69) is 14.7 Å². The van der Waals surface area contributed by atoms with Crippen molar-refractivity contribution >= 4 is 0 Å². The van der Waals surface area contributed by atoms with Gasteiger partial charge in [0.05, 0.1) is 14.2 Å². The molecule has 15 heavy (non-hydrogen) atoms. The van der Waals surface area contributed by atoms with Gasteiger partial charge in [0.25, 0.3) is 0 Å². The van der Waals surface area contributed by atoms with Crippen molar-refractivity contribution in [2.75, 3.05) is 14.2 Å². The SMILES string of the molecule is COc1ccc(-c2ncon2)cc1OC. The molecule has 0 amide bonds. The zero-order valence-electron chi connectivity index (χ0n) is 8.43. The molecule has 1 heterocycles. The van der Waals surface area contributed by atoms with Gasteiger partial charge in [-0.25, -0.2) is 0 Å². The maximum absolute atomic E-state index is 5.16. The predicted molar refractivity (Wildman–Crippen MR) is 52.8 cm³/mol. The lowest BCUT2D eigenvalue weighted by atomic mass is 10.2. The summed E-state index contributed by atoms with van der Waals surface area (Å²) in [6.07, 6.45) is 1.28. The number of aromatic nitrogens is 2. The maximum atomic E-state index is 5.16. The van der Waals surface area contributed by atoms with Crippen molar-refractivity contribution in [2.24, 2.45) is 0 Å². The minimum Gasteiger partial charge on any atom is -0.493 e. The Morgan fingerprint density at radius 3 is 2.53 bits per heavy atom. The van der Waals surface area contributed by atoms with E-state index in [4.69, 9.17) is 9.47 Å². The van der Waals surface area contributed by atoms with Gasteiger partial charge in [0.15, 0.2) is 11.5 Å².